The van der Waals surface area contributed by atoms with Crippen molar-refractivity contribution < 1.29 is 14.3 Å². The first kappa shape index (κ1) is 23.1. The number of halogens is 2. The Labute approximate surface area is 186 Å². The predicted molar refractivity (Wildman–Crippen MR) is 120 cm³/mol. The number of aromatic nitrogens is 2. The molecule has 2 heterocycles. The van der Waals surface area contributed by atoms with Crippen molar-refractivity contribution >= 4 is 41.5 Å². The van der Waals surface area contributed by atoms with Crippen molar-refractivity contribution in [3.8, 4) is 0 Å². The molecular formula is C19H26FIN6O2. The number of hydrogen-bond acceptors (Lipinski definition) is 4. The molecular weight excluding hydrogens is 490 g/mol. The molecule has 8 nitrogen and oxygen atoms in total. The quantitative estimate of drug-likeness (QED) is 0.358. The van der Waals surface area contributed by atoms with Gasteiger partial charge in [-0.3, -0.25) is 14.5 Å². The van der Waals surface area contributed by atoms with Crippen LogP contribution >= 0.6 is 24.0 Å². The molecule has 1 atom stereocenters. The number of aliphatic hydroxyl groups is 1. The molecule has 1 amide bonds. The summed E-state index contributed by atoms with van der Waals surface area (Å²) in [6.07, 6.45) is 2.56. The number of guanidine groups is 1. The predicted octanol–water partition coefficient (Wildman–Crippen LogP) is 1.52. The third-order valence-corrected chi connectivity index (χ3v) is 4.51. The Morgan fingerprint density at radius 1 is 1.41 bits per heavy atom. The Bertz CT molecular complexity index is 859. The van der Waals surface area contributed by atoms with Crippen molar-refractivity contribution in [1.29, 1.82) is 0 Å². The molecule has 158 valence electrons. The van der Waals surface area contributed by atoms with Crippen LogP contribution in [0.5, 0.6) is 0 Å². The summed E-state index contributed by atoms with van der Waals surface area (Å²) in [5, 5.41) is 17.6. The summed E-state index contributed by atoms with van der Waals surface area (Å²) in [5.74, 6) is 0.109. The number of amides is 1. The third-order valence-electron chi connectivity index (χ3n) is 4.51. The van der Waals surface area contributed by atoms with Gasteiger partial charge in [-0.1, -0.05) is 12.1 Å². The topological polar surface area (TPSA) is 86.0 Å². The fourth-order valence-corrected chi connectivity index (χ4v) is 3.09. The normalized spacial score (nSPS) is 15.9. The highest BCUT2D eigenvalue weighted by molar-refractivity contribution is 14.0. The zero-order valence-corrected chi connectivity index (χ0v) is 18.8. The van der Waals surface area contributed by atoms with E-state index in [9.17, 15) is 14.3 Å². The van der Waals surface area contributed by atoms with Crippen molar-refractivity contribution in [2.45, 2.75) is 13.0 Å². The van der Waals surface area contributed by atoms with Crippen LogP contribution in [-0.4, -0.2) is 64.4 Å². The average molecular weight is 516 g/mol. The summed E-state index contributed by atoms with van der Waals surface area (Å²) in [6.45, 7) is 3.93. The van der Waals surface area contributed by atoms with Gasteiger partial charge in [0, 0.05) is 32.9 Å². The molecule has 1 fully saturated rings. The molecule has 0 saturated carbocycles. The van der Waals surface area contributed by atoms with Crippen LogP contribution in [0.15, 0.2) is 41.7 Å². The minimum Gasteiger partial charge on any atom is -0.386 e. The van der Waals surface area contributed by atoms with Gasteiger partial charge in [0.2, 0.25) is 5.91 Å². The number of nitrogens with zero attached hydrogens (tertiary/aromatic N) is 5. The number of aliphatic imine (C=N–C) groups is 1. The average Bonchev–Trinajstić information content (AvgIpc) is 3.10. The molecule has 0 radical (unpaired) electrons. The molecule has 0 spiro atoms. The van der Waals surface area contributed by atoms with E-state index in [4.69, 9.17) is 0 Å². The molecule has 1 aromatic heterocycles. The first-order valence-corrected chi connectivity index (χ1v) is 9.23. The standard InChI is InChI=1S/C19H25FN6O2.HI/c1-3-21-19(22-11-17(27)14-5-4-6-15(20)9-14)25-7-8-26(18(28)13-25)16-10-23-24(2)12-16;/h4-6,9-10,12,17,27H,3,7-8,11,13H2,1-2H3,(H,21,22);1H. The van der Waals surface area contributed by atoms with E-state index in [2.05, 4.69) is 15.4 Å². The van der Waals surface area contributed by atoms with Crippen molar-refractivity contribution in [2.75, 3.05) is 37.6 Å². The van der Waals surface area contributed by atoms with Crippen LogP contribution in [0.4, 0.5) is 10.1 Å². The van der Waals surface area contributed by atoms with Gasteiger partial charge in [-0.05, 0) is 24.6 Å². The molecule has 1 aliphatic heterocycles. The number of carbonyl (C=O) groups excluding carboxylic acids is 1. The summed E-state index contributed by atoms with van der Waals surface area (Å²) in [6, 6.07) is 5.84. The number of aliphatic hydroxyl groups excluding tert-OH is 1. The Hall–Kier alpha value is -2.21. The van der Waals surface area contributed by atoms with Crippen LogP contribution in [0, 0.1) is 5.82 Å². The summed E-state index contributed by atoms with van der Waals surface area (Å²) in [7, 11) is 1.81. The Balaban J connectivity index is 0.00000300. The van der Waals surface area contributed by atoms with Gasteiger partial charge in [0.15, 0.2) is 5.96 Å². The SMILES string of the molecule is CCNC(=NCC(O)c1cccc(F)c1)N1CCN(c2cnn(C)c2)C(=O)C1.I. The second-order valence-electron chi connectivity index (χ2n) is 6.60. The number of nitrogens with one attached hydrogen (secondary N) is 1. The zero-order valence-electron chi connectivity index (χ0n) is 16.5. The van der Waals surface area contributed by atoms with Gasteiger partial charge in [-0.25, -0.2) is 4.39 Å². The molecule has 3 rings (SSSR count). The maximum atomic E-state index is 13.3. The molecule has 2 N–H and O–H groups in total. The van der Waals surface area contributed by atoms with Crippen molar-refractivity contribution in [2.24, 2.45) is 12.0 Å². The van der Waals surface area contributed by atoms with Gasteiger partial charge in [0.25, 0.3) is 0 Å². The second kappa shape index (κ2) is 10.5. The van der Waals surface area contributed by atoms with Gasteiger partial charge >= 0.3 is 0 Å². The monoisotopic (exact) mass is 516 g/mol. The minimum atomic E-state index is -0.920. The number of aryl methyl sites for hydroxylation is 1. The molecule has 1 unspecified atom stereocenters. The minimum absolute atomic E-state index is 0. The Morgan fingerprint density at radius 3 is 2.83 bits per heavy atom. The Kier molecular flexibility index (Phi) is 8.38. The highest BCUT2D eigenvalue weighted by atomic mass is 127. The van der Waals surface area contributed by atoms with Gasteiger partial charge in [0.05, 0.1) is 24.5 Å². The molecule has 10 heteroatoms. The number of rotatable bonds is 5. The molecule has 0 bridgehead atoms. The molecule has 2 aromatic rings. The highest BCUT2D eigenvalue weighted by Gasteiger charge is 2.27. The van der Waals surface area contributed by atoms with E-state index in [0.29, 0.717) is 31.2 Å². The largest absolute Gasteiger partial charge is 0.386 e. The van der Waals surface area contributed by atoms with Crippen molar-refractivity contribution in [3.05, 3.63) is 48.0 Å². The number of anilines is 1. The van der Waals surface area contributed by atoms with Gasteiger partial charge < -0.3 is 20.2 Å². The lowest BCUT2D eigenvalue weighted by atomic mass is 10.1. The lowest BCUT2D eigenvalue weighted by molar-refractivity contribution is -0.120. The van der Waals surface area contributed by atoms with E-state index in [-0.39, 0.29) is 43.0 Å². The first-order valence-electron chi connectivity index (χ1n) is 9.23. The fraction of sp³-hybridized carbons (Fsp3) is 0.421. The molecule has 29 heavy (non-hydrogen) atoms. The smallest absolute Gasteiger partial charge is 0.246 e. The van der Waals surface area contributed by atoms with Crippen LogP contribution in [-0.2, 0) is 11.8 Å². The van der Waals surface area contributed by atoms with Crippen molar-refractivity contribution in [1.82, 2.24) is 20.0 Å². The number of benzene rings is 1. The van der Waals surface area contributed by atoms with Gasteiger partial charge in [-0.15, -0.1) is 24.0 Å². The molecule has 1 aliphatic rings. The zero-order chi connectivity index (χ0) is 20.1. The van der Waals surface area contributed by atoms with Crippen LogP contribution in [0.1, 0.15) is 18.6 Å². The lowest BCUT2D eigenvalue weighted by Crippen LogP contribution is -2.55. The molecule has 0 aliphatic carbocycles. The first-order chi connectivity index (χ1) is 13.5. The van der Waals surface area contributed by atoms with Crippen LogP contribution in [0.25, 0.3) is 0 Å². The summed E-state index contributed by atoms with van der Waals surface area (Å²) in [5.41, 5.74) is 1.24. The third kappa shape index (κ3) is 5.89. The maximum absolute atomic E-state index is 13.3. The summed E-state index contributed by atoms with van der Waals surface area (Å²) < 4.78 is 15.0. The van der Waals surface area contributed by atoms with Crippen LogP contribution in [0.2, 0.25) is 0 Å². The van der Waals surface area contributed by atoms with E-state index in [1.54, 1.807) is 27.9 Å². The van der Waals surface area contributed by atoms with E-state index < -0.39 is 11.9 Å². The van der Waals surface area contributed by atoms with Crippen molar-refractivity contribution in [3.63, 3.8) is 0 Å². The van der Waals surface area contributed by atoms with Crippen LogP contribution < -0.4 is 10.2 Å². The fourth-order valence-electron chi connectivity index (χ4n) is 3.09. The van der Waals surface area contributed by atoms with E-state index in [1.165, 1.54) is 12.1 Å². The van der Waals surface area contributed by atoms with E-state index in [0.717, 1.165) is 5.69 Å². The summed E-state index contributed by atoms with van der Waals surface area (Å²) >= 11 is 0. The highest BCUT2D eigenvalue weighted by Crippen LogP contribution is 2.17. The van der Waals surface area contributed by atoms with E-state index >= 15 is 0 Å². The number of piperazine rings is 1. The van der Waals surface area contributed by atoms with Gasteiger partial charge in [0.1, 0.15) is 12.4 Å². The molecule has 1 saturated heterocycles. The summed E-state index contributed by atoms with van der Waals surface area (Å²) in [4.78, 5) is 20.6. The second-order valence-corrected chi connectivity index (χ2v) is 6.60. The number of carbonyl (C=O) groups is 1. The number of hydrogen-bond donors (Lipinski definition) is 2. The Morgan fingerprint density at radius 2 is 2.21 bits per heavy atom. The maximum Gasteiger partial charge on any atom is 0.246 e. The van der Waals surface area contributed by atoms with E-state index in [1.807, 2.05) is 25.1 Å². The van der Waals surface area contributed by atoms with Gasteiger partial charge in [-0.2, -0.15) is 5.10 Å². The molecule has 1 aromatic carbocycles. The van der Waals surface area contributed by atoms with Crippen LogP contribution in [0.3, 0.4) is 0 Å². The lowest BCUT2D eigenvalue weighted by Gasteiger charge is -2.35.